The minimum absolute atomic E-state index is 0.764. The first-order valence-electron chi connectivity index (χ1n) is 8.71. The van der Waals surface area contributed by atoms with Gasteiger partial charge in [-0.25, -0.2) is 0 Å². The third-order valence-corrected chi connectivity index (χ3v) is 6.38. The molecular weight excluding hydrogens is 258 g/mol. The second-order valence-corrected chi connectivity index (χ2v) is 7.35. The number of fused-ring (bicyclic) bond motifs is 5. The summed E-state index contributed by atoms with van der Waals surface area (Å²) < 4.78 is 5.32. The van der Waals surface area contributed by atoms with Gasteiger partial charge in [0.25, 0.3) is 0 Å². The Kier molecular flexibility index (Phi) is 3.66. The van der Waals surface area contributed by atoms with Crippen LogP contribution in [0.5, 0.6) is 5.75 Å². The quantitative estimate of drug-likeness (QED) is 0.903. The maximum absolute atomic E-state index is 5.32. The zero-order valence-electron chi connectivity index (χ0n) is 13.1. The maximum atomic E-state index is 5.32. The zero-order chi connectivity index (χ0) is 14.2. The van der Waals surface area contributed by atoms with Gasteiger partial charge in [-0.3, -0.25) is 0 Å². The lowest BCUT2D eigenvalue weighted by Crippen LogP contribution is -2.41. The molecule has 0 amide bonds. The third kappa shape index (κ3) is 2.48. The van der Waals surface area contributed by atoms with Crippen molar-refractivity contribution in [2.75, 3.05) is 7.11 Å². The van der Waals surface area contributed by atoms with Gasteiger partial charge in [0.05, 0.1) is 7.11 Å². The normalized spacial score (nSPS) is 37.5. The molecule has 3 aliphatic carbocycles. The van der Waals surface area contributed by atoms with Crippen LogP contribution in [0.25, 0.3) is 0 Å². The van der Waals surface area contributed by atoms with E-state index in [-0.39, 0.29) is 0 Å². The summed E-state index contributed by atoms with van der Waals surface area (Å²) in [6.45, 7) is 0.989. The van der Waals surface area contributed by atoms with Crippen molar-refractivity contribution < 1.29 is 4.74 Å². The summed E-state index contributed by atoms with van der Waals surface area (Å²) >= 11 is 0. The highest BCUT2D eigenvalue weighted by molar-refractivity contribution is 5.28. The fourth-order valence-electron chi connectivity index (χ4n) is 5.50. The summed E-state index contributed by atoms with van der Waals surface area (Å²) in [5, 5.41) is 3.86. The van der Waals surface area contributed by atoms with Crippen LogP contribution in [0.3, 0.4) is 0 Å². The van der Waals surface area contributed by atoms with Crippen molar-refractivity contribution >= 4 is 0 Å². The average Bonchev–Trinajstić information content (AvgIpc) is 3.12. The summed E-state index contributed by atoms with van der Waals surface area (Å²) in [5.41, 5.74) is 1.34. The van der Waals surface area contributed by atoms with E-state index in [4.69, 9.17) is 4.74 Å². The summed E-state index contributed by atoms with van der Waals surface area (Å²) in [6.07, 6.45) is 8.93. The summed E-state index contributed by atoms with van der Waals surface area (Å²) in [4.78, 5) is 0. The van der Waals surface area contributed by atoms with E-state index in [9.17, 15) is 0 Å². The molecule has 2 heteroatoms. The minimum atomic E-state index is 0.764. The van der Waals surface area contributed by atoms with Crippen LogP contribution < -0.4 is 10.1 Å². The van der Waals surface area contributed by atoms with Crippen molar-refractivity contribution in [3.05, 3.63) is 29.8 Å². The third-order valence-electron chi connectivity index (χ3n) is 6.38. The lowest BCUT2D eigenvalue weighted by molar-refractivity contribution is 0.129. The molecule has 3 aliphatic rings. The molecule has 5 atom stereocenters. The summed E-state index contributed by atoms with van der Waals surface area (Å²) in [5.74, 6) is 5.09. The predicted octanol–water partition coefficient (Wildman–Crippen LogP) is 4.00. The van der Waals surface area contributed by atoms with Crippen molar-refractivity contribution in [1.29, 1.82) is 0 Å². The Morgan fingerprint density at radius 2 is 1.95 bits per heavy atom. The molecule has 4 rings (SSSR count). The fraction of sp³-hybridized carbons (Fsp3) is 0.684. The van der Waals surface area contributed by atoms with Crippen LogP contribution in [0, 0.1) is 23.7 Å². The van der Waals surface area contributed by atoms with E-state index in [0.717, 1.165) is 42.0 Å². The van der Waals surface area contributed by atoms with Gasteiger partial charge >= 0.3 is 0 Å². The van der Waals surface area contributed by atoms with Gasteiger partial charge in [0.15, 0.2) is 0 Å². The van der Waals surface area contributed by atoms with Gasteiger partial charge in [0.1, 0.15) is 5.75 Å². The highest BCUT2D eigenvalue weighted by atomic mass is 16.5. The van der Waals surface area contributed by atoms with Gasteiger partial charge in [-0.1, -0.05) is 25.0 Å². The van der Waals surface area contributed by atoms with Crippen molar-refractivity contribution in [2.45, 2.75) is 51.1 Å². The van der Waals surface area contributed by atoms with Gasteiger partial charge in [-0.15, -0.1) is 0 Å². The van der Waals surface area contributed by atoms with E-state index in [1.54, 1.807) is 7.11 Å². The Hall–Kier alpha value is -1.02. The SMILES string of the molecule is COc1cccc(CNC2CC3CC2C2CCCCC32)c1. The number of rotatable bonds is 4. The minimum Gasteiger partial charge on any atom is -0.497 e. The average molecular weight is 285 g/mol. The molecule has 0 aromatic heterocycles. The lowest BCUT2D eigenvalue weighted by atomic mass is 9.69. The Morgan fingerprint density at radius 3 is 2.81 bits per heavy atom. The van der Waals surface area contributed by atoms with Crippen molar-refractivity contribution in [1.82, 2.24) is 5.32 Å². The number of nitrogens with one attached hydrogen (secondary N) is 1. The monoisotopic (exact) mass is 285 g/mol. The molecule has 1 aromatic carbocycles. The van der Waals surface area contributed by atoms with Crippen LogP contribution in [0.1, 0.15) is 44.1 Å². The van der Waals surface area contributed by atoms with E-state index in [0.29, 0.717) is 0 Å². The Bertz CT molecular complexity index is 500. The van der Waals surface area contributed by atoms with Gasteiger partial charge in [0, 0.05) is 12.6 Å². The lowest BCUT2D eigenvalue weighted by Gasteiger charge is -2.39. The maximum Gasteiger partial charge on any atom is 0.119 e. The van der Waals surface area contributed by atoms with Crippen molar-refractivity contribution in [3.8, 4) is 5.75 Å². The first-order valence-corrected chi connectivity index (χ1v) is 8.71. The first-order chi connectivity index (χ1) is 10.3. The number of benzene rings is 1. The molecule has 0 aliphatic heterocycles. The van der Waals surface area contributed by atoms with Crippen LogP contribution in [-0.2, 0) is 6.54 Å². The topological polar surface area (TPSA) is 21.3 Å². The molecule has 1 aromatic rings. The van der Waals surface area contributed by atoms with E-state index in [1.165, 1.54) is 44.1 Å². The van der Waals surface area contributed by atoms with E-state index in [1.807, 2.05) is 6.07 Å². The number of hydrogen-bond donors (Lipinski definition) is 1. The number of hydrogen-bond acceptors (Lipinski definition) is 2. The molecule has 5 unspecified atom stereocenters. The standard InChI is InChI=1S/C19H27NO/c1-21-15-6-4-5-13(9-15)12-20-19-11-14-10-18(19)17-8-3-2-7-16(14)17/h4-6,9,14,16-20H,2-3,7-8,10-12H2,1H3. The van der Waals surface area contributed by atoms with Gasteiger partial charge in [-0.2, -0.15) is 0 Å². The molecule has 0 spiro atoms. The van der Waals surface area contributed by atoms with Crippen LogP contribution >= 0.6 is 0 Å². The molecule has 0 radical (unpaired) electrons. The molecule has 0 heterocycles. The van der Waals surface area contributed by atoms with Gasteiger partial charge < -0.3 is 10.1 Å². The number of ether oxygens (including phenoxy) is 1. The molecule has 3 saturated carbocycles. The molecule has 21 heavy (non-hydrogen) atoms. The van der Waals surface area contributed by atoms with E-state index < -0.39 is 0 Å². The highest BCUT2D eigenvalue weighted by Crippen LogP contribution is 2.57. The molecular formula is C19H27NO. The number of methoxy groups -OCH3 is 1. The molecule has 2 nitrogen and oxygen atoms in total. The van der Waals surface area contributed by atoms with E-state index >= 15 is 0 Å². The first kappa shape index (κ1) is 13.6. The summed E-state index contributed by atoms with van der Waals surface area (Å²) in [6, 6.07) is 9.23. The molecule has 3 fully saturated rings. The smallest absolute Gasteiger partial charge is 0.119 e. The Labute approximate surface area is 128 Å². The van der Waals surface area contributed by atoms with Crippen molar-refractivity contribution in [2.24, 2.45) is 23.7 Å². The largest absolute Gasteiger partial charge is 0.497 e. The Balaban J connectivity index is 1.38. The van der Waals surface area contributed by atoms with Crippen LogP contribution in [0.2, 0.25) is 0 Å². The molecule has 2 bridgehead atoms. The highest BCUT2D eigenvalue weighted by Gasteiger charge is 2.52. The second kappa shape index (κ2) is 5.64. The zero-order valence-corrected chi connectivity index (χ0v) is 13.1. The van der Waals surface area contributed by atoms with E-state index in [2.05, 4.69) is 23.5 Å². The molecule has 114 valence electrons. The molecule has 0 saturated heterocycles. The fourth-order valence-corrected chi connectivity index (χ4v) is 5.50. The second-order valence-electron chi connectivity index (χ2n) is 7.35. The van der Waals surface area contributed by atoms with Gasteiger partial charge in [-0.05, 0) is 67.1 Å². The van der Waals surface area contributed by atoms with Crippen LogP contribution in [0.15, 0.2) is 24.3 Å². The summed E-state index contributed by atoms with van der Waals surface area (Å²) in [7, 11) is 1.74. The predicted molar refractivity (Wildman–Crippen MR) is 85.3 cm³/mol. The molecule has 1 N–H and O–H groups in total. The Morgan fingerprint density at radius 1 is 1.10 bits per heavy atom. The van der Waals surface area contributed by atoms with Crippen molar-refractivity contribution in [3.63, 3.8) is 0 Å². The van der Waals surface area contributed by atoms with Gasteiger partial charge in [0.2, 0.25) is 0 Å². The van der Waals surface area contributed by atoms with Crippen LogP contribution in [-0.4, -0.2) is 13.2 Å². The van der Waals surface area contributed by atoms with Crippen LogP contribution in [0.4, 0.5) is 0 Å².